The minimum atomic E-state index is -0.435. The van der Waals surface area contributed by atoms with Crippen LogP contribution in [0.25, 0.3) is 11.1 Å². The summed E-state index contributed by atoms with van der Waals surface area (Å²) in [6, 6.07) is 9.56. The lowest BCUT2D eigenvalue weighted by molar-refractivity contribution is 0.0595. The molecule has 15 heavy (non-hydrogen) atoms. The maximum Gasteiger partial charge on any atom is 0.359 e. The fraction of sp³-hybridized carbons (Fsp3) is 0.0909. The quantitative estimate of drug-likeness (QED) is 0.756. The maximum atomic E-state index is 11.4. The zero-order valence-electron chi connectivity index (χ0n) is 8.23. The molecule has 1 aromatic carbocycles. The van der Waals surface area contributed by atoms with E-state index in [0.717, 1.165) is 11.1 Å². The van der Waals surface area contributed by atoms with Gasteiger partial charge in [0.1, 0.15) is 0 Å². The number of hydrogen-bond acceptors (Lipinski definition) is 3. The van der Waals surface area contributed by atoms with E-state index in [2.05, 4.69) is 14.9 Å². The molecule has 0 aliphatic carbocycles. The molecule has 0 unspecified atom stereocenters. The Morgan fingerprint density at radius 2 is 2.07 bits per heavy atom. The van der Waals surface area contributed by atoms with Crippen molar-refractivity contribution in [3.05, 3.63) is 42.2 Å². The predicted molar refractivity (Wildman–Crippen MR) is 55.4 cm³/mol. The number of methoxy groups -OCH3 is 1. The molecule has 1 N–H and O–H groups in total. The van der Waals surface area contributed by atoms with E-state index in [4.69, 9.17) is 0 Å². The second kappa shape index (κ2) is 3.96. The number of rotatable bonds is 2. The number of ether oxygens (including phenoxy) is 1. The molecule has 0 amide bonds. The van der Waals surface area contributed by atoms with Gasteiger partial charge in [0.15, 0.2) is 5.69 Å². The topological polar surface area (TPSA) is 55.0 Å². The summed E-state index contributed by atoms with van der Waals surface area (Å²) in [5.41, 5.74) is 2.00. The fourth-order valence-corrected chi connectivity index (χ4v) is 1.38. The van der Waals surface area contributed by atoms with E-state index < -0.39 is 5.97 Å². The minimum absolute atomic E-state index is 0.309. The molecule has 1 aromatic heterocycles. The average molecular weight is 202 g/mol. The van der Waals surface area contributed by atoms with Crippen molar-refractivity contribution in [2.24, 2.45) is 0 Å². The lowest BCUT2D eigenvalue weighted by Gasteiger charge is -1.99. The van der Waals surface area contributed by atoms with Crippen molar-refractivity contribution in [2.45, 2.75) is 0 Å². The van der Waals surface area contributed by atoms with E-state index in [0.29, 0.717) is 5.69 Å². The van der Waals surface area contributed by atoms with Gasteiger partial charge in [0.05, 0.1) is 7.11 Å². The van der Waals surface area contributed by atoms with Crippen LogP contribution >= 0.6 is 0 Å². The van der Waals surface area contributed by atoms with Crippen molar-refractivity contribution >= 4 is 5.97 Å². The summed E-state index contributed by atoms with van der Waals surface area (Å²) in [6.45, 7) is 0. The smallest absolute Gasteiger partial charge is 0.359 e. The van der Waals surface area contributed by atoms with Crippen molar-refractivity contribution in [3.8, 4) is 11.1 Å². The first-order chi connectivity index (χ1) is 7.33. The van der Waals surface area contributed by atoms with Gasteiger partial charge in [0.2, 0.25) is 0 Å². The van der Waals surface area contributed by atoms with Gasteiger partial charge >= 0.3 is 5.97 Å². The van der Waals surface area contributed by atoms with Gasteiger partial charge in [-0.3, -0.25) is 5.10 Å². The highest BCUT2D eigenvalue weighted by Gasteiger charge is 2.15. The van der Waals surface area contributed by atoms with E-state index in [1.807, 2.05) is 30.3 Å². The van der Waals surface area contributed by atoms with E-state index in [1.54, 1.807) is 6.20 Å². The minimum Gasteiger partial charge on any atom is -0.464 e. The van der Waals surface area contributed by atoms with Crippen LogP contribution in [0, 0.1) is 0 Å². The molecule has 76 valence electrons. The highest BCUT2D eigenvalue weighted by Crippen LogP contribution is 2.21. The fourth-order valence-electron chi connectivity index (χ4n) is 1.38. The molecule has 2 aromatic rings. The molecular formula is C11H10N2O2. The zero-order chi connectivity index (χ0) is 10.7. The largest absolute Gasteiger partial charge is 0.464 e. The number of nitrogens with zero attached hydrogens (tertiary/aromatic N) is 1. The number of aromatic nitrogens is 2. The Labute approximate surface area is 86.9 Å². The number of nitrogens with one attached hydrogen (secondary N) is 1. The number of esters is 1. The van der Waals surface area contributed by atoms with Crippen LogP contribution in [-0.4, -0.2) is 23.3 Å². The number of aromatic amines is 1. The molecular weight excluding hydrogens is 192 g/mol. The third-order valence-electron chi connectivity index (χ3n) is 2.10. The maximum absolute atomic E-state index is 11.4. The molecule has 0 atom stereocenters. The average Bonchev–Trinajstić information content (AvgIpc) is 2.78. The molecule has 1 heterocycles. The molecule has 0 fully saturated rings. The number of benzene rings is 1. The second-order valence-corrected chi connectivity index (χ2v) is 3.01. The highest BCUT2D eigenvalue weighted by atomic mass is 16.5. The molecule has 0 aliphatic rings. The van der Waals surface area contributed by atoms with Gasteiger partial charge < -0.3 is 4.74 Å². The summed E-state index contributed by atoms with van der Waals surface area (Å²) in [5.74, 6) is -0.435. The SMILES string of the molecule is COC(=O)c1n[nH]cc1-c1ccccc1. The van der Waals surface area contributed by atoms with Gasteiger partial charge in [-0.1, -0.05) is 30.3 Å². The second-order valence-electron chi connectivity index (χ2n) is 3.01. The molecule has 4 nitrogen and oxygen atoms in total. The molecule has 0 saturated heterocycles. The van der Waals surface area contributed by atoms with Crippen LogP contribution in [0.1, 0.15) is 10.5 Å². The Morgan fingerprint density at radius 3 is 2.73 bits per heavy atom. The van der Waals surface area contributed by atoms with E-state index in [-0.39, 0.29) is 0 Å². The molecule has 2 rings (SSSR count). The van der Waals surface area contributed by atoms with Crippen molar-refractivity contribution in [2.75, 3.05) is 7.11 Å². The van der Waals surface area contributed by atoms with Crippen LogP contribution in [0.2, 0.25) is 0 Å². The number of carbonyl (C=O) groups is 1. The van der Waals surface area contributed by atoms with E-state index in [1.165, 1.54) is 7.11 Å². The summed E-state index contributed by atoms with van der Waals surface area (Å²) in [5, 5.41) is 6.53. The van der Waals surface area contributed by atoms with Crippen LogP contribution in [0.3, 0.4) is 0 Å². The highest BCUT2D eigenvalue weighted by molar-refractivity contribution is 5.94. The Hall–Kier alpha value is -2.10. The predicted octanol–water partition coefficient (Wildman–Crippen LogP) is 1.86. The summed E-state index contributed by atoms with van der Waals surface area (Å²) >= 11 is 0. The normalized spacial score (nSPS) is 9.93. The summed E-state index contributed by atoms with van der Waals surface area (Å²) in [7, 11) is 1.34. The number of carbonyl (C=O) groups excluding carboxylic acids is 1. The van der Waals surface area contributed by atoms with Crippen molar-refractivity contribution < 1.29 is 9.53 Å². The van der Waals surface area contributed by atoms with Gasteiger partial charge in [0, 0.05) is 11.8 Å². The first-order valence-corrected chi connectivity index (χ1v) is 4.50. The molecule has 0 spiro atoms. The Bertz CT molecular complexity index is 462. The molecule has 0 aliphatic heterocycles. The monoisotopic (exact) mass is 202 g/mol. The zero-order valence-corrected chi connectivity index (χ0v) is 8.23. The molecule has 0 bridgehead atoms. The van der Waals surface area contributed by atoms with Crippen LogP contribution in [0.15, 0.2) is 36.5 Å². The van der Waals surface area contributed by atoms with Gasteiger partial charge in [-0.25, -0.2) is 4.79 Å². The first kappa shape index (κ1) is 9.45. The van der Waals surface area contributed by atoms with E-state index in [9.17, 15) is 4.79 Å². The summed E-state index contributed by atoms with van der Waals surface area (Å²) < 4.78 is 4.64. The van der Waals surface area contributed by atoms with Crippen LogP contribution in [-0.2, 0) is 4.74 Å². The first-order valence-electron chi connectivity index (χ1n) is 4.50. The van der Waals surface area contributed by atoms with Gasteiger partial charge in [-0.05, 0) is 5.56 Å². The van der Waals surface area contributed by atoms with Crippen LogP contribution < -0.4 is 0 Å². The lowest BCUT2D eigenvalue weighted by Crippen LogP contribution is -2.03. The molecule has 0 radical (unpaired) electrons. The van der Waals surface area contributed by atoms with Gasteiger partial charge in [0.25, 0.3) is 0 Å². The van der Waals surface area contributed by atoms with E-state index >= 15 is 0 Å². The molecule has 4 heteroatoms. The van der Waals surface area contributed by atoms with Crippen molar-refractivity contribution in [1.29, 1.82) is 0 Å². The van der Waals surface area contributed by atoms with Gasteiger partial charge in [-0.2, -0.15) is 5.10 Å². The standard InChI is InChI=1S/C11H10N2O2/c1-15-11(14)10-9(7-12-13-10)8-5-3-2-4-6-8/h2-7H,1H3,(H,12,13). The number of hydrogen-bond donors (Lipinski definition) is 1. The van der Waals surface area contributed by atoms with Crippen molar-refractivity contribution in [3.63, 3.8) is 0 Å². The van der Waals surface area contributed by atoms with Gasteiger partial charge in [-0.15, -0.1) is 0 Å². The lowest BCUT2D eigenvalue weighted by atomic mass is 10.1. The summed E-state index contributed by atoms with van der Waals surface area (Å²) in [4.78, 5) is 11.4. The third-order valence-corrected chi connectivity index (χ3v) is 2.10. The Morgan fingerprint density at radius 1 is 1.33 bits per heavy atom. The molecule has 0 saturated carbocycles. The number of H-pyrrole nitrogens is 1. The van der Waals surface area contributed by atoms with Crippen LogP contribution in [0.4, 0.5) is 0 Å². The van der Waals surface area contributed by atoms with Crippen molar-refractivity contribution in [1.82, 2.24) is 10.2 Å². The third kappa shape index (κ3) is 1.74. The Kier molecular flexibility index (Phi) is 2.49. The van der Waals surface area contributed by atoms with Crippen LogP contribution in [0.5, 0.6) is 0 Å². The Balaban J connectivity index is 2.46. The summed E-state index contributed by atoms with van der Waals surface area (Å²) in [6.07, 6.45) is 1.68.